The van der Waals surface area contributed by atoms with Crippen molar-refractivity contribution in [1.29, 1.82) is 0 Å². The van der Waals surface area contributed by atoms with Gasteiger partial charge in [-0.25, -0.2) is 0 Å². The van der Waals surface area contributed by atoms with Crippen LogP contribution in [0.15, 0.2) is 53.7 Å². The van der Waals surface area contributed by atoms with Crippen LogP contribution >= 0.6 is 11.8 Å². The molecular formula is C24H26N4O3S. The van der Waals surface area contributed by atoms with E-state index in [1.807, 2.05) is 36.2 Å². The van der Waals surface area contributed by atoms with E-state index >= 15 is 0 Å². The fourth-order valence-corrected chi connectivity index (χ4v) is 5.16. The molecule has 7 nitrogen and oxygen atoms in total. The summed E-state index contributed by atoms with van der Waals surface area (Å²) in [5.74, 6) is 3.61. The number of benzene rings is 2. The highest BCUT2D eigenvalue weighted by atomic mass is 32.2. The van der Waals surface area contributed by atoms with Gasteiger partial charge in [-0.2, -0.15) is 0 Å². The zero-order valence-electron chi connectivity index (χ0n) is 18.1. The topological polar surface area (TPSA) is 69.5 Å². The molecule has 5 rings (SSSR count). The van der Waals surface area contributed by atoms with Gasteiger partial charge in [0.15, 0.2) is 16.7 Å². The Balaban J connectivity index is 1.22. The summed E-state index contributed by atoms with van der Waals surface area (Å²) in [6.07, 6.45) is 2.35. The monoisotopic (exact) mass is 450 g/mol. The first-order valence-electron chi connectivity index (χ1n) is 10.9. The summed E-state index contributed by atoms with van der Waals surface area (Å²) in [6, 6.07) is 16.1. The Kier molecular flexibility index (Phi) is 6.03. The molecule has 0 aliphatic carbocycles. The standard InChI is InChI=1S/C24H26N4O3S/c1-27-23(25-26-24(27)32-15-17-6-3-2-4-7-17)19-8-5-11-28(14-19)22(29)13-18-9-10-20-21(12-18)31-16-30-20/h2-4,6-7,9-10,12,19H,5,8,11,13-16H2,1H3. The fraction of sp³-hybridized carbons (Fsp3) is 0.375. The predicted octanol–water partition coefficient (Wildman–Crippen LogP) is 3.78. The molecule has 3 heterocycles. The van der Waals surface area contributed by atoms with Crippen molar-refractivity contribution < 1.29 is 14.3 Å². The molecule has 1 unspecified atom stereocenters. The van der Waals surface area contributed by atoms with E-state index in [1.165, 1.54) is 5.56 Å². The molecule has 0 radical (unpaired) electrons. The first kappa shape index (κ1) is 20.9. The molecule has 0 bridgehead atoms. The van der Waals surface area contributed by atoms with Crippen LogP contribution in [-0.2, 0) is 24.0 Å². The van der Waals surface area contributed by atoms with Crippen molar-refractivity contribution in [2.75, 3.05) is 19.9 Å². The molecule has 1 aromatic heterocycles. The van der Waals surface area contributed by atoms with E-state index in [1.54, 1.807) is 11.8 Å². The number of ether oxygens (including phenoxy) is 2. The lowest BCUT2D eigenvalue weighted by Crippen LogP contribution is -2.40. The molecule has 1 amide bonds. The van der Waals surface area contributed by atoms with Gasteiger partial charge in [-0.3, -0.25) is 4.79 Å². The third kappa shape index (κ3) is 4.46. The van der Waals surface area contributed by atoms with Crippen molar-refractivity contribution >= 4 is 17.7 Å². The minimum Gasteiger partial charge on any atom is -0.454 e. The van der Waals surface area contributed by atoms with Gasteiger partial charge in [0, 0.05) is 31.8 Å². The van der Waals surface area contributed by atoms with Crippen LogP contribution in [0.4, 0.5) is 0 Å². The Hall–Kier alpha value is -3.00. The highest BCUT2D eigenvalue weighted by molar-refractivity contribution is 7.98. The molecular weight excluding hydrogens is 424 g/mol. The number of nitrogens with zero attached hydrogens (tertiary/aromatic N) is 4. The Morgan fingerprint density at radius 3 is 2.81 bits per heavy atom. The van der Waals surface area contributed by atoms with E-state index in [0.717, 1.165) is 47.4 Å². The molecule has 2 aliphatic heterocycles. The fourth-order valence-electron chi connectivity index (χ4n) is 4.28. The number of rotatable bonds is 6. The maximum absolute atomic E-state index is 13.0. The van der Waals surface area contributed by atoms with Crippen LogP contribution in [0.1, 0.15) is 35.7 Å². The molecule has 32 heavy (non-hydrogen) atoms. The number of carbonyl (C=O) groups is 1. The molecule has 8 heteroatoms. The summed E-state index contributed by atoms with van der Waals surface area (Å²) >= 11 is 1.69. The smallest absolute Gasteiger partial charge is 0.231 e. The summed E-state index contributed by atoms with van der Waals surface area (Å²) < 4.78 is 12.9. The van der Waals surface area contributed by atoms with Crippen molar-refractivity contribution in [3.63, 3.8) is 0 Å². The minimum atomic E-state index is 0.134. The normalized spacial score (nSPS) is 17.5. The molecule has 2 aliphatic rings. The Morgan fingerprint density at radius 2 is 1.94 bits per heavy atom. The molecule has 1 saturated heterocycles. The van der Waals surface area contributed by atoms with E-state index in [0.29, 0.717) is 18.7 Å². The molecule has 2 aromatic carbocycles. The molecule has 166 valence electrons. The van der Waals surface area contributed by atoms with Gasteiger partial charge in [0.2, 0.25) is 12.7 Å². The number of thioether (sulfide) groups is 1. The van der Waals surface area contributed by atoms with E-state index in [-0.39, 0.29) is 18.6 Å². The van der Waals surface area contributed by atoms with Gasteiger partial charge >= 0.3 is 0 Å². The van der Waals surface area contributed by atoms with Crippen LogP contribution in [0, 0.1) is 0 Å². The molecule has 3 aromatic rings. The van der Waals surface area contributed by atoms with E-state index in [2.05, 4.69) is 39.0 Å². The second-order valence-electron chi connectivity index (χ2n) is 8.22. The second kappa shape index (κ2) is 9.24. The van der Waals surface area contributed by atoms with E-state index in [9.17, 15) is 4.79 Å². The largest absolute Gasteiger partial charge is 0.454 e. The van der Waals surface area contributed by atoms with E-state index in [4.69, 9.17) is 9.47 Å². The lowest BCUT2D eigenvalue weighted by atomic mass is 9.96. The van der Waals surface area contributed by atoms with Crippen molar-refractivity contribution in [1.82, 2.24) is 19.7 Å². The molecule has 0 saturated carbocycles. The first-order valence-corrected chi connectivity index (χ1v) is 11.9. The number of aromatic nitrogens is 3. The van der Waals surface area contributed by atoms with Crippen LogP contribution in [-0.4, -0.2) is 45.5 Å². The zero-order chi connectivity index (χ0) is 21.9. The van der Waals surface area contributed by atoms with Crippen LogP contribution < -0.4 is 9.47 Å². The van der Waals surface area contributed by atoms with Gasteiger partial charge in [0.1, 0.15) is 5.82 Å². The van der Waals surface area contributed by atoms with Gasteiger partial charge in [0.05, 0.1) is 6.42 Å². The van der Waals surface area contributed by atoms with Crippen molar-refractivity contribution in [3.8, 4) is 11.5 Å². The zero-order valence-corrected chi connectivity index (χ0v) is 18.9. The van der Waals surface area contributed by atoms with Crippen LogP contribution in [0.2, 0.25) is 0 Å². The second-order valence-corrected chi connectivity index (χ2v) is 9.16. The van der Waals surface area contributed by atoms with Gasteiger partial charge in [-0.05, 0) is 36.1 Å². The number of carbonyl (C=O) groups excluding carboxylic acids is 1. The number of fused-ring (bicyclic) bond motifs is 1. The van der Waals surface area contributed by atoms with Crippen molar-refractivity contribution in [2.24, 2.45) is 7.05 Å². The average Bonchev–Trinajstić information content (AvgIpc) is 3.44. The van der Waals surface area contributed by atoms with Crippen molar-refractivity contribution in [3.05, 3.63) is 65.5 Å². The predicted molar refractivity (Wildman–Crippen MR) is 122 cm³/mol. The summed E-state index contributed by atoms with van der Waals surface area (Å²) in [7, 11) is 2.02. The van der Waals surface area contributed by atoms with E-state index < -0.39 is 0 Å². The van der Waals surface area contributed by atoms with Gasteiger partial charge in [-0.1, -0.05) is 48.2 Å². The lowest BCUT2D eigenvalue weighted by Gasteiger charge is -2.32. The number of amides is 1. The summed E-state index contributed by atoms with van der Waals surface area (Å²) in [5.41, 5.74) is 2.21. The Labute approximate surface area is 191 Å². The summed E-state index contributed by atoms with van der Waals surface area (Å²) in [5, 5.41) is 9.83. The van der Waals surface area contributed by atoms with Crippen LogP contribution in [0.5, 0.6) is 11.5 Å². The Bertz CT molecular complexity index is 1100. The van der Waals surface area contributed by atoms with Gasteiger partial charge in [0.25, 0.3) is 0 Å². The van der Waals surface area contributed by atoms with Crippen LogP contribution in [0.3, 0.4) is 0 Å². The summed E-state index contributed by atoms with van der Waals surface area (Å²) in [4.78, 5) is 15.0. The molecule has 1 atom stereocenters. The van der Waals surface area contributed by atoms with Crippen molar-refractivity contribution in [2.45, 2.75) is 36.1 Å². The lowest BCUT2D eigenvalue weighted by molar-refractivity contribution is -0.131. The van der Waals surface area contributed by atoms with Crippen LogP contribution in [0.25, 0.3) is 0 Å². The first-order chi connectivity index (χ1) is 15.7. The number of likely N-dealkylation sites (tertiary alicyclic amines) is 1. The maximum Gasteiger partial charge on any atom is 0.231 e. The highest BCUT2D eigenvalue weighted by Crippen LogP contribution is 2.33. The maximum atomic E-state index is 13.0. The number of hydrogen-bond acceptors (Lipinski definition) is 6. The highest BCUT2D eigenvalue weighted by Gasteiger charge is 2.28. The minimum absolute atomic E-state index is 0.134. The quantitative estimate of drug-likeness (QED) is 0.533. The molecule has 0 spiro atoms. The molecule has 0 N–H and O–H groups in total. The van der Waals surface area contributed by atoms with Gasteiger partial charge < -0.3 is 18.9 Å². The Morgan fingerprint density at radius 1 is 1.09 bits per heavy atom. The average molecular weight is 451 g/mol. The number of hydrogen-bond donors (Lipinski definition) is 0. The summed E-state index contributed by atoms with van der Waals surface area (Å²) in [6.45, 7) is 1.70. The third-order valence-electron chi connectivity index (χ3n) is 6.01. The number of piperidine rings is 1. The third-order valence-corrected chi connectivity index (χ3v) is 7.10. The molecule has 1 fully saturated rings. The van der Waals surface area contributed by atoms with Gasteiger partial charge in [-0.15, -0.1) is 10.2 Å². The SMILES string of the molecule is Cn1c(SCc2ccccc2)nnc1C1CCCN(C(=O)Cc2ccc3c(c2)OCO3)C1.